The highest BCUT2D eigenvalue weighted by Crippen LogP contribution is 2.35. The smallest absolute Gasteiger partial charge is 0.274 e. The lowest BCUT2D eigenvalue weighted by atomic mass is 10.0. The second-order valence-corrected chi connectivity index (χ2v) is 7.61. The van der Waals surface area contributed by atoms with Crippen LogP contribution in [0.1, 0.15) is 39.0 Å². The van der Waals surface area contributed by atoms with Gasteiger partial charge in [-0.25, -0.2) is 0 Å². The number of pyridine rings is 1. The van der Waals surface area contributed by atoms with E-state index in [0.29, 0.717) is 24.5 Å². The van der Waals surface area contributed by atoms with Gasteiger partial charge in [0.25, 0.3) is 5.56 Å². The van der Waals surface area contributed by atoms with Gasteiger partial charge in [0.1, 0.15) is 23.8 Å². The molecule has 29 heavy (non-hydrogen) atoms. The van der Waals surface area contributed by atoms with Crippen molar-refractivity contribution in [3.8, 4) is 22.6 Å². The van der Waals surface area contributed by atoms with Crippen LogP contribution >= 0.6 is 0 Å². The molecule has 0 amide bonds. The van der Waals surface area contributed by atoms with Crippen LogP contribution in [0.4, 0.5) is 5.69 Å². The van der Waals surface area contributed by atoms with E-state index in [1.165, 1.54) is 19.3 Å². The third-order valence-corrected chi connectivity index (χ3v) is 5.55. The third kappa shape index (κ3) is 5.32. The zero-order valence-electron chi connectivity index (χ0n) is 17.7. The first-order valence-electron chi connectivity index (χ1n) is 10.7. The van der Waals surface area contributed by atoms with Crippen LogP contribution in [-0.2, 0) is 6.54 Å². The highest BCUT2D eigenvalue weighted by Gasteiger charge is 2.16. The molecule has 1 aromatic carbocycles. The van der Waals surface area contributed by atoms with Crippen molar-refractivity contribution in [1.29, 1.82) is 0 Å². The minimum Gasteiger partial charge on any atom is -0.497 e. The molecule has 1 aliphatic heterocycles. The Kier molecular flexibility index (Phi) is 7.58. The molecule has 0 bridgehead atoms. The molecule has 6 heteroatoms. The van der Waals surface area contributed by atoms with Gasteiger partial charge in [0.2, 0.25) is 0 Å². The maximum Gasteiger partial charge on any atom is 0.274 e. The molecule has 0 unspecified atom stereocenters. The summed E-state index contributed by atoms with van der Waals surface area (Å²) >= 11 is 0. The number of nitrogens with zero attached hydrogens (tertiary/aromatic N) is 2. The average molecular weight is 400 g/mol. The van der Waals surface area contributed by atoms with Crippen molar-refractivity contribution >= 4 is 5.69 Å². The number of aryl methyl sites for hydroxylation is 1. The van der Waals surface area contributed by atoms with E-state index < -0.39 is 0 Å². The van der Waals surface area contributed by atoms with Crippen LogP contribution in [0.15, 0.2) is 35.3 Å². The van der Waals surface area contributed by atoms with Crippen molar-refractivity contribution in [2.24, 2.45) is 0 Å². The molecule has 1 aromatic heterocycles. The van der Waals surface area contributed by atoms with Crippen LogP contribution in [0.3, 0.4) is 0 Å². The fourth-order valence-electron chi connectivity index (χ4n) is 3.77. The minimum absolute atomic E-state index is 0.155. The summed E-state index contributed by atoms with van der Waals surface area (Å²) in [5.41, 5.74) is 7.83. The number of hydrogen-bond donors (Lipinski definition) is 1. The van der Waals surface area contributed by atoms with Crippen molar-refractivity contribution in [3.63, 3.8) is 0 Å². The first kappa shape index (κ1) is 21.2. The summed E-state index contributed by atoms with van der Waals surface area (Å²) in [6, 6.07) is 7.56. The zero-order chi connectivity index (χ0) is 20.6. The predicted molar refractivity (Wildman–Crippen MR) is 118 cm³/mol. The van der Waals surface area contributed by atoms with E-state index in [0.717, 1.165) is 43.8 Å². The monoisotopic (exact) mass is 399 g/mol. The topological polar surface area (TPSA) is 69.7 Å². The number of likely N-dealkylation sites (tertiary alicyclic amines) is 1. The van der Waals surface area contributed by atoms with Gasteiger partial charge >= 0.3 is 0 Å². The maximum atomic E-state index is 12.7. The van der Waals surface area contributed by atoms with E-state index in [2.05, 4.69) is 11.8 Å². The van der Waals surface area contributed by atoms with E-state index in [1.54, 1.807) is 11.7 Å². The number of rotatable bonds is 9. The summed E-state index contributed by atoms with van der Waals surface area (Å²) in [7, 11) is 1.63. The number of aromatic nitrogens is 1. The Balaban J connectivity index is 1.83. The molecule has 0 spiro atoms. The summed E-state index contributed by atoms with van der Waals surface area (Å²) < 4.78 is 13.2. The number of piperidine rings is 1. The highest BCUT2D eigenvalue weighted by atomic mass is 16.5. The molecule has 1 aliphatic rings. The lowest BCUT2D eigenvalue weighted by Gasteiger charge is -2.26. The van der Waals surface area contributed by atoms with Crippen LogP contribution in [0, 0.1) is 0 Å². The molecule has 1 saturated heterocycles. The van der Waals surface area contributed by atoms with Crippen LogP contribution in [0.2, 0.25) is 0 Å². The van der Waals surface area contributed by atoms with Gasteiger partial charge in [0.05, 0.1) is 7.11 Å². The Labute approximate surface area is 173 Å². The third-order valence-electron chi connectivity index (χ3n) is 5.55. The van der Waals surface area contributed by atoms with Crippen LogP contribution < -0.4 is 20.8 Å². The van der Waals surface area contributed by atoms with Gasteiger partial charge in [0.15, 0.2) is 0 Å². The van der Waals surface area contributed by atoms with Crippen molar-refractivity contribution in [2.75, 3.05) is 39.1 Å². The first-order valence-corrected chi connectivity index (χ1v) is 10.7. The Morgan fingerprint density at radius 1 is 1.07 bits per heavy atom. The quantitative estimate of drug-likeness (QED) is 0.695. The summed E-state index contributed by atoms with van der Waals surface area (Å²) in [4.78, 5) is 15.2. The molecule has 0 saturated carbocycles. The lowest BCUT2D eigenvalue weighted by molar-refractivity contribution is 0.183. The van der Waals surface area contributed by atoms with E-state index in [-0.39, 0.29) is 11.2 Å². The van der Waals surface area contributed by atoms with E-state index in [1.807, 2.05) is 30.5 Å². The van der Waals surface area contributed by atoms with Crippen molar-refractivity contribution in [2.45, 2.75) is 45.6 Å². The van der Waals surface area contributed by atoms with Gasteiger partial charge in [-0.05, 0) is 56.6 Å². The van der Waals surface area contributed by atoms with E-state index in [9.17, 15) is 4.79 Å². The Hall–Kier alpha value is -2.47. The van der Waals surface area contributed by atoms with Crippen molar-refractivity contribution in [1.82, 2.24) is 9.47 Å². The molecule has 3 rings (SSSR count). The first-order chi connectivity index (χ1) is 14.1. The Morgan fingerprint density at radius 2 is 1.86 bits per heavy atom. The minimum atomic E-state index is -0.155. The number of unbranched alkanes of at least 4 members (excludes halogenated alkanes) is 1. The van der Waals surface area contributed by atoms with E-state index >= 15 is 0 Å². The van der Waals surface area contributed by atoms with Gasteiger partial charge in [-0.2, -0.15) is 0 Å². The van der Waals surface area contributed by atoms with Crippen LogP contribution in [-0.4, -0.2) is 42.8 Å². The number of methoxy groups -OCH3 is 1. The molecule has 6 nitrogen and oxygen atoms in total. The Morgan fingerprint density at radius 3 is 2.59 bits per heavy atom. The molecule has 1 fully saturated rings. The number of anilines is 1. The fourth-order valence-corrected chi connectivity index (χ4v) is 3.77. The second kappa shape index (κ2) is 10.3. The molecular weight excluding hydrogens is 366 g/mol. The molecule has 2 heterocycles. The van der Waals surface area contributed by atoms with E-state index in [4.69, 9.17) is 15.2 Å². The zero-order valence-corrected chi connectivity index (χ0v) is 17.7. The normalized spacial score (nSPS) is 14.7. The highest BCUT2D eigenvalue weighted by molar-refractivity contribution is 5.80. The molecular formula is C23H33N3O3. The second-order valence-electron chi connectivity index (χ2n) is 7.61. The lowest BCUT2D eigenvalue weighted by Crippen LogP contribution is -2.33. The SMILES string of the molecule is CCCCn1ccc(-c2cc(OC)ccc2OCCN2CCCCC2)c(N)c1=O. The maximum absolute atomic E-state index is 12.7. The fraction of sp³-hybridized carbons (Fsp3) is 0.522. The number of benzene rings is 1. The van der Waals surface area contributed by atoms with Crippen molar-refractivity contribution in [3.05, 3.63) is 40.8 Å². The summed E-state index contributed by atoms with van der Waals surface area (Å²) in [6.07, 6.45) is 7.64. The number of ether oxygens (including phenoxy) is 2. The van der Waals surface area contributed by atoms with Gasteiger partial charge in [-0.3, -0.25) is 9.69 Å². The molecule has 0 atom stereocenters. The summed E-state index contributed by atoms with van der Waals surface area (Å²) in [5.74, 6) is 1.43. The number of hydrogen-bond acceptors (Lipinski definition) is 5. The van der Waals surface area contributed by atoms with Gasteiger partial charge in [0, 0.05) is 30.4 Å². The van der Waals surface area contributed by atoms with Crippen LogP contribution in [0.25, 0.3) is 11.1 Å². The summed E-state index contributed by atoms with van der Waals surface area (Å²) in [6.45, 7) is 6.57. The molecule has 2 N–H and O–H groups in total. The van der Waals surface area contributed by atoms with Gasteiger partial charge in [-0.15, -0.1) is 0 Å². The molecule has 158 valence electrons. The summed E-state index contributed by atoms with van der Waals surface area (Å²) in [5, 5.41) is 0. The average Bonchev–Trinajstić information content (AvgIpc) is 2.76. The largest absolute Gasteiger partial charge is 0.497 e. The predicted octanol–water partition coefficient (Wildman–Crippen LogP) is 3.77. The van der Waals surface area contributed by atoms with Gasteiger partial charge in [-0.1, -0.05) is 19.8 Å². The standard InChI is InChI=1S/C23H33N3O3/c1-3-4-13-26-14-10-19(22(24)23(26)27)20-17-18(28-2)8-9-21(20)29-16-15-25-11-6-5-7-12-25/h8-10,14,17H,3-7,11-13,15-16,24H2,1-2H3. The van der Waals surface area contributed by atoms with Crippen LogP contribution in [0.5, 0.6) is 11.5 Å². The molecule has 2 aromatic rings. The van der Waals surface area contributed by atoms with Gasteiger partial charge < -0.3 is 19.8 Å². The molecule has 0 aliphatic carbocycles. The van der Waals surface area contributed by atoms with Crippen molar-refractivity contribution < 1.29 is 9.47 Å². The Bertz CT molecular complexity index is 857. The number of nitrogen functional groups attached to an aromatic ring is 1. The number of nitrogens with two attached hydrogens (primary N) is 1. The molecule has 0 radical (unpaired) electrons.